The first kappa shape index (κ1) is 15.7. The van der Waals surface area contributed by atoms with Crippen molar-refractivity contribution in [2.24, 2.45) is 0 Å². The summed E-state index contributed by atoms with van der Waals surface area (Å²) >= 11 is 0. The number of nitrogens with one attached hydrogen (secondary N) is 2. The molecule has 2 aliphatic heterocycles. The monoisotopic (exact) mass is 336 g/mol. The van der Waals surface area contributed by atoms with E-state index in [1.165, 1.54) is 0 Å². The number of hydrogen-bond acceptors (Lipinski definition) is 5. The van der Waals surface area contributed by atoms with E-state index in [-0.39, 0.29) is 12.3 Å². The highest BCUT2D eigenvalue weighted by Gasteiger charge is 2.39. The van der Waals surface area contributed by atoms with Gasteiger partial charge in [-0.25, -0.2) is 8.42 Å². The summed E-state index contributed by atoms with van der Waals surface area (Å²) in [5, 5.41) is 1.82. The molecule has 0 bridgehead atoms. The molecule has 2 atom stereocenters. The standard InChI is InChI=1S/C15H16N2O5S/c18-9-15(6-5-13(19)16-15)8-10-1-3-11(4-2-10)12-7-14(20)17-23(12,21)22/h1-4,9,12H,5-8H2,(H,16,19)(H,17,20). The van der Waals surface area contributed by atoms with Crippen molar-refractivity contribution in [3.63, 3.8) is 0 Å². The van der Waals surface area contributed by atoms with Crippen molar-refractivity contribution in [2.75, 3.05) is 0 Å². The van der Waals surface area contributed by atoms with E-state index in [2.05, 4.69) is 5.32 Å². The number of aldehydes is 1. The van der Waals surface area contributed by atoms with Crippen LogP contribution in [0, 0.1) is 0 Å². The molecule has 2 unspecified atom stereocenters. The van der Waals surface area contributed by atoms with Gasteiger partial charge in [-0.2, -0.15) is 0 Å². The average molecular weight is 336 g/mol. The number of rotatable bonds is 4. The van der Waals surface area contributed by atoms with Gasteiger partial charge >= 0.3 is 0 Å². The van der Waals surface area contributed by atoms with Gasteiger partial charge in [0, 0.05) is 12.8 Å². The number of sulfonamides is 1. The molecular weight excluding hydrogens is 320 g/mol. The lowest BCUT2D eigenvalue weighted by Gasteiger charge is -2.22. The summed E-state index contributed by atoms with van der Waals surface area (Å²) in [4.78, 5) is 34.0. The Bertz CT molecular complexity index is 772. The Morgan fingerprint density at radius 2 is 1.87 bits per heavy atom. The van der Waals surface area contributed by atoms with Crippen LogP contribution in [-0.2, 0) is 30.8 Å². The van der Waals surface area contributed by atoms with Crippen molar-refractivity contribution in [1.82, 2.24) is 10.0 Å². The molecule has 23 heavy (non-hydrogen) atoms. The first-order valence-corrected chi connectivity index (χ1v) is 8.79. The van der Waals surface area contributed by atoms with Crippen LogP contribution in [-0.4, -0.2) is 32.1 Å². The predicted molar refractivity (Wildman–Crippen MR) is 80.7 cm³/mol. The van der Waals surface area contributed by atoms with E-state index in [4.69, 9.17) is 0 Å². The smallest absolute Gasteiger partial charge is 0.242 e. The molecule has 8 heteroatoms. The molecule has 0 saturated carbocycles. The highest BCUT2D eigenvalue weighted by atomic mass is 32.2. The molecule has 3 rings (SSSR count). The molecule has 122 valence electrons. The van der Waals surface area contributed by atoms with E-state index in [1.807, 2.05) is 4.72 Å². The summed E-state index contributed by atoms with van der Waals surface area (Å²) in [5.41, 5.74) is 0.468. The minimum atomic E-state index is -3.66. The minimum absolute atomic E-state index is 0.0873. The van der Waals surface area contributed by atoms with Crippen LogP contribution in [0.15, 0.2) is 24.3 Å². The van der Waals surface area contributed by atoms with Crippen LogP contribution < -0.4 is 10.0 Å². The minimum Gasteiger partial charge on any atom is -0.344 e. The molecule has 2 fully saturated rings. The molecule has 0 aliphatic carbocycles. The molecule has 2 heterocycles. The van der Waals surface area contributed by atoms with Gasteiger partial charge in [-0.15, -0.1) is 0 Å². The lowest BCUT2D eigenvalue weighted by molar-refractivity contribution is -0.122. The lowest BCUT2D eigenvalue weighted by atomic mass is 9.90. The molecular formula is C15H16N2O5S. The van der Waals surface area contributed by atoms with Crippen LogP contribution in [0.2, 0.25) is 0 Å². The molecule has 2 aliphatic rings. The van der Waals surface area contributed by atoms with Crippen LogP contribution >= 0.6 is 0 Å². The van der Waals surface area contributed by atoms with Crippen LogP contribution in [0.4, 0.5) is 0 Å². The highest BCUT2D eigenvalue weighted by Crippen LogP contribution is 2.31. The predicted octanol–water partition coefficient (Wildman–Crippen LogP) is -0.0324. The van der Waals surface area contributed by atoms with Crippen molar-refractivity contribution < 1.29 is 22.8 Å². The zero-order valence-electron chi connectivity index (χ0n) is 12.2. The number of hydrogen-bond donors (Lipinski definition) is 2. The molecule has 2 saturated heterocycles. The molecule has 2 amide bonds. The third kappa shape index (κ3) is 2.98. The molecule has 1 aromatic rings. The first-order valence-electron chi connectivity index (χ1n) is 7.24. The van der Waals surface area contributed by atoms with Gasteiger partial charge in [0.2, 0.25) is 21.8 Å². The maximum atomic E-state index is 11.8. The summed E-state index contributed by atoms with van der Waals surface area (Å²) in [6, 6.07) is 6.74. The maximum Gasteiger partial charge on any atom is 0.242 e. The van der Waals surface area contributed by atoms with E-state index in [0.29, 0.717) is 24.8 Å². The normalized spacial score (nSPS) is 29.1. The number of amides is 2. The van der Waals surface area contributed by atoms with Crippen molar-refractivity contribution in [3.8, 4) is 0 Å². The largest absolute Gasteiger partial charge is 0.344 e. The van der Waals surface area contributed by atoms with E-state index in [9.17, 15) is 22.8 Å². The van der Waals surface area contributed by atoms with Crippen molar-refractivity contribution in [2.45, 2.75) is 36.5 Å². The molecule has 0 spiro atoms. The van der Waals surface area contributed by atoms with E-state index >= 15 is 0 Å². The number of benzene rings is 1. The summed E-state index contributed by atoms with van der Waals surface area (Å²) in [7, 11) is -3.66. The summed E-state index contributed by atoms with van der Waals surface area (Å²) in [6.45, 7) is 0. The van der Waals surface area contributed by atoms with E-state index < -0.39 is 26.7 Å². The molecule has 0 radical (unpaired) electrons. The van der Waals surface area contributed by atoms with Crippen molar-refractivity contribution in [3.05, 3.63) is 35.4 Å². The molecule has 1 aromatic carbocycles. The van der Waals surface area contributed by atoms with Gasteiger partial charge in [0.15, 0.2) is 0 Å². The summed E-state index contributed by atoms with van der Waals surface area (Å²) < 4.78 is 25.7. The SMILES string of the molecule is O=CC1(Cc2ccc(C3CC(=O)NS3(=O)=O)cc2)CCC(=O)N1. The zero-order valence-corrected chi connectivity index (χ0v) is 13.1. The van der Waals surface area contributed by atoms with Crippen LogP contribution in [0.1, 0.15) is 35.6 Å². The van der Waals surface area contributed by atoms with E-state index in [1.54, 1.807) is 24.3 Å². The Balaban J connectivity index is 1.79. The third-order valence-corrected chi connectivity index (χ3v) is 5.98. The Kier molecular flexibility index (Phi) is 3.71. The van der Waals surface area contributed by atoms with Gasteiger partial charge in [-0.3, -0.25) is 14.3 Å². The summed E-state index contributed by atoms with van der Waals surface area (Å²) in [5.74, 6) is -0.650. The van der Waals surface area contributed by atoms with Gasteiger partial charge < -0.3 is 10.1 Å². The van der Waals surface area contributed by atoms with Crippen LogP contribution in [0.5, 0.6) is 0 Å². The van der Waals surface area contributed by atoms with Crippen LogP contribution in [0.25, 0.3) is 0 Å². The van der Waals surface area contributed by atoms with Gasteiger partial charge in [0.25, 0.3) is 0 Å². The Labute approximate surface area is 133 Å². The van der Waals surface area contributed by atoms with Crippen LogP contribution in [0.3, 0.4) is 0 Å². The third-order valence-electron chi connectivity index (χ3n) is 4.28. The maximum absolute atomic E-state index is 11.8. The van der Waals surface area contributed by atoms with E-state index in [0.717, 1.165) is 11.8 Å². The fourth-order valence-corrected chi connectivity index (χ4v) is 4.49. The number of carbonyl (C=O) groups is 3. The highest BCUT2D eigenvalue weighted by molar-refractivity contribution is 7.90. The second-order valence-corrected chi connectivity index (χ2v) is 7.87. The zero-order chi connectivity index (χ0) is 16.7. The van der Waals surface area contributed by atoms with Gasteiger partial charge in [-0.1, -0.05) is 24.3 Å². The molecule has 0 aromatic heterocycles. The van der Waals surface area contributed by atoms with Gasteiger partial charge in [0.1, 0.15) is 11.5 Å². The quantitative estimate of drug-likeness (QED) is 0.750. The second kappa shape index (κ2) is 5.45. The molecule has 7 nitrogen and oxygen atoms in total. The number of carbonyl (C=O) groups excluding carboxylic acids is 3. The average Bonchev–Trinajstić information content (AvgIpc) is 2.99. The fourth-order valence-electron chi connectivity index (χ4n) is 3.06. The molecule has 2 N–H and O–H groups in total. The Morgan fingerprint density at radius 1 is 1.17 bits per heavy atom. The Morgan fingerprint density at radius 3 is 2.35 bits per heavy atom. The van der Waals surface area contributed by atoms with Crippen molar-refractivity contribution in [1.29, 1.82) is 0 Å². The van der Waals surface area contributed by atoms with Crippen molar-refractivity contribution >= 4 is 28.1 Å². The lowest BCUT2D eigenvalue weighted by Crippen LogP contribution is -2.45. The summed E-state index contributed by atoms with van der Waals surface area (Å²) in [6.07, 6.45) is 1.81. The topological polar surface area (TPSA) is 109 Å². The van der Waals surface area contributed by atoms with Gasteiger partial charge in [-0.05, 0) is 17.5 Å². The second-order valence-electron chi connectivity index (χ2n) is 6.00. The Hall–Kier alpha value is -2.22. The first-order chi connectivity index (χ1) is 10.8. The fraction of sp³-hybridized carbons (Fsp3) is 0.400. The van der Waals surface area contributed by atoms with Gasteiger partial charge in [0.05, 0.1) is 12.0 Å².